The van der Waals surface area contributed by atoms with Crippen molar-refractivity contribution in [3.63, 3.8) is 0 Å². The summed E-state index contributed by atoms with van der Waals surface area (Å²) in [5.74, 6) is -1.73. The Balaban J connectivity index is 4.29. The van der Waals surface area contributed by atoms with Gasteiger partial charge in [-0.2, -0.15) is 0 Å². The van der Waals surface area contributed by atoms with Crippen molar-refractivity contribution < 1.29 is 19.8 Å². The van der Waals surface area contributed by atoms with Gasteiger partial charge in [-0.1, -0.05) is 45.9 Å². The quantitative estimate of drug-likeness (QED) is 0.504. The van der Waals surface area contributed by atoms with E-state index in [0.717, 1.165) is 0 Å². The molecule has 4 atom stereocenters. The molecule has 4 nitrogen and oxygen atoms in total. The second kappa shape index (κ2) is 9.48. The minimum atomic E-state index is -0.879. The highest BCUT2D eigenvalue weighted by atomic mass is 16.4. The molecule has 0 aromatic carbocycles. The lowest BCUT2D eigenvalue weighted by atomic mass is 9.93. The molecule has 0 radical (unpaired) electrons. The highest BCUT2D eigenvalue weighted by Gasteiger charge is 2.18. The Hall–Kier alpha value is -1.42. The molecular formula is C16H26O4. The zero-order valence-electron chi connectivity index (χ0n) is 12.7. The molecule has 0 rings (SSSR count). The predicted molar refractivity (Wildman–Crippen MR) is 79.3 cm³/mol. The number of allylic oxidation sites excluding steroid dienone is 3. The number of ketones is 1. The van der Waals surface area contributed by atoms with Gasteiger partial charge < -0.3 is 10.2 Å². The molecule has 4 unspecified atom stereocenters. The fraction of sp³-hybridized carbons (Fsp3) is 0.625. The second-order valence-corrected chi connectivity index (χ2v) is 5.36. The van der Waals surface area contributed by atoms with Gasteiger partial charge in [0.1, 0.15) is 0 Å². The third kappa shape index (κ3) is 7.24. The third-order valence-electron chi connectivity index (χ3n) is 3.43. The van der Waals surface area contributed by atoms with Gasteiger partial charge in [0.15, 0.2) is 5.78 Å². The molecule has 0 spiro atoms. The minimum absolute atomic E-state index is 0.0456. The topological polar surface area (TPSA) is 74.6 Å². The zero-order chi connectivity index (χ0) is 15.7. The molecule has 0 saturated heterocycles. The van der Waals surface area contributed by atoms with Gasteiger partial charge in [0.2, 0.25) is 0 Å². The molecule has 4 heteroatoms. The van der Waals surface area contributed by atoms with Crippen LogP contribution in [-0.4, -0.2) is 28.1 Å². The first-order valence-corrected chi connectivity index (χ1v) is 7.09. The normalized spacial score (nSPS) is 18.1. The maximum Gasteiger partial charge on any atom is 0.306 e. The van der Waals surface area contributed by atoms with E-state index in [4.69, 9.17) is 5.11 Å². The van der Waals surface area contributed by atoms with Crippen LogP contribution in [0.25, 0.3) is 0 Å². The molecule has 114 valence electrons. The summed E-state index contributed by atoms with van der Waals surface area (Å²) in [4.78, 5) is 22.5. The average Bonchev–Trinajstić information content (AvgIpc) is 2.41. The van der Waals surface area contributed by atoms with Crippen LogP contribution in [0.3, 0.4) is 0 Å². The molecule has 0 aliphatic rings. The molecule has 0 aliphatic carbocycles. The van der Waals surface area contributed by atoms with Crippen molar-refractivity contribution in [2.24, 2.45) is 17.8 Å². The summed E-state index contributed by atoms with van der Waals surface area (Å²) >= 11 is 0. The first kappa shape index (κ1) is 18.6. The maximum absolute atomic E-state index is 11.8. The Morgan fingerprint density at radius 1 is 1.10 bits per heavy atom. The smallest absolute Gasteiger partial charge is 0.306 e. The second-order valence-electron chi connectivity index (χ2n) is 5.36. The molecule has 0 bridgehead atoms. The Morgan fingerprint density at radius 3 is 2.20 bits per heavy atom. The number of rotatable bonds is 9. The lowest BCUT2D eigenvalue weighted by Gasteiger charge is -2.12. The van der Waals surface area contributed by atoms with Crippen LogP contribution in [0.15, 0.2) is 24.3 Å². The van der Waals surface area contributed by atoms with Crippen molar-refractivity contribution in [1.29, 1.82) is 0 Å². The van der Waals surface area contributed by atoms with Crippen LogP contribution >= 0.6 is 0 Å². The van der Waals surface area contributed by atoms with Crippen molar-refractivity contribution >= 4 is 11.8 Å². The van der Waals surface area contributed by atoms with E-state index in [1.54, 1.807) is 26.0 Å². The number of carbonyl (C=O) groups is 2. The molecular weight excluding hydrogens is 256 g/mol. The van der Waals surface area contributed by atoms with E-state index in [1.807, 2.05) is 19.9 Å². The number of carboxylic acids is 1. The van der Waals surface area contributed by atoms with Crippen LogP contribution < -0.4 is 0 Å². The summed E-state index contributed by atoms with van der Waals surface area (Å²) in [6, 6.07) is 0. The van der Waals surface area contributed by atoms with Crippen LogP contribution in [0.2, 0.25) is 0 Å². The van der Waals surface area contributed by atoms with Gasteiger partial charge in [-0.15, -0.1) is 0 Å². The fourth-order valence-corrected chi connectivity index (χ4v) is 1.80. The number of aliphatic hydroxyl groups is 1. The van der Waals surface area contributed by atoms with Gasteiger partial charge in [0.05, 0.1) is 12.0 Å². The number of hydrogen-bond donors (Lipinski definition) is 2. The van der Waals surface area contributed by atoms with Gasteiger partial charge in [0.25, 0.3) is 0 Å². The number of aliphatic carboxylic acids is 1. The van der Waals surface area contributed by atoms with Gasteiger partial charge >= 0.3 is 5.97 Å². The van der Waals surface area contributed by atoms with E-state index in [9.17, 15) is 14.7 Å². The van der Waals surface area contributed by atoms with E-state index < -0.39 is 11.9 Å². The van der Waals surface area contributed by atoms with E-state index in [1.165, 1.54) is 6.08 Å². The van der Waals surface area contributed by atoms with Crippen LogP contribution in [0.1, 0.15) is 40.5 Å². The predicted octanol–water partition coefficient (Wildman–Crippen LogP) is 2.82. The van der Waals surface area contributed by atoms with Crippen LogP contribution in [-0.2, 0) is 9.59 Å². The lowest BCUT2D eigenvalue weighted by molar-refractivity contribution is -0.141. The van der Waals surface area contributed by atoms with Crippen molar-refractivity contribution in [2.45, 2.75) is 46.6 Å². The molecule has 0 aromatic heterocycles. The fourth-order valence-electron chi connectivity index (χ4n) is 1.80. The van der Waals surface area contributed by atoms with E-state index in [0.29, 0.717) is 12.8 Å². The molecule has 20 heavy (non-hydrogen) atoms. The maximum atomic E-state index is 11.8. The van der Waals surface area contributed by atoms with Crippen molar-refractivity contribution in [3.8, 4) is 0 Å². The molecule has 2 N–H and O–H groups in total. The van der Waals surface area contributed by atoms with Crippen LogP contribution in [0.5, 0.6) is 0 Å². The van der Waals surface area contributed by atoms with Crippen LogP contribution in [0.4, 0.5) is 0 Å². The number of carboxylic acid groups (broad SMARTS) is 1. The average molecular weight is 282 g/mol. The monoisotopic (exact) mass is 282 g/mol. The SMILES string of the molecule is CCC(O)C(C)C=CC=CC(=O)C(C)CC(C)C(=O)O. The first-order valence-electron chi connectivity index (χ1n) is 7.09. The van der Waals surface area contributed by atoms with E-state index in [2.05, 4.69) is 0 Å². The Kier molecular flexibility index (Phi) is 8.81. The van der Waals surface area contributed by atoms with Crippen LogP contribution in [0, 0.1) is 17.8 Å². The van der Waals surface area contributed by atoms with Gasteiger partial charge in [-0.25, -0.2) is 0 Å². The summed E-state index contributed by atoms with van der Waals surface area (Å²) in [5, 5.41) is 18.4. The first-order chi connectivity index (χ1) is 9.29. The van der Waals surface area contributed by atoms with E-state index >= 15 is 0 Å². The minimum Gasteiger partial charge on any atom is -0.481 e. The highest BCUT2D eigenvalue weighted by molar-refractivity contribution is 5.92. The van der Waals surface area contributed by atoms with Gasteiger partial charge in [-0.05, 0) is 18.9 Å². The summed E-state index contributed by atoms with van der Waals surface area (Å²) in [6.45, 7) is 7.17. The summed E-state index contributed by atoms with van der Waals surface area (Å²) in [6.07, 6.45) is 7.36. The summed E-state index contributed by atoms with van der Waals surface area (Å²) in [7, 11) is 0. The Morgan fingerprint density at radius 2 is 1.70 bits per heavy atom. The molecule has 0 heterocycles. The summed E-state index contributed by atoms with van der Waals surface area (Å²) < 4.78 is 0. The van der Waals surface area contributed by atoms with Gasteiger partial charge in [0, 0.05) is 11.8 Å². The Bertz CT molecular complexity index is 371. The van der Waals surface area contributed by atoms with E-state index in [-0.39, 0.29) is 23.7 Å². The number of hydrogen-bond acceptors (Lipinski definition) is 3. The lowest BCUT2D eigenvalue weighted by Crippen LogP contribution is -2.17. The number of aliphatic hydroxyl groups excluding tert-OH is 1. The molecule has 0 fully saturated rings. The van der Waals surface area contributed by atoms with Gasteiger partial charge in [-0.3, -0.25) is 9.59 Å². The van der Waals surface area contributed by atoms with Crippen molar-refractivity contribution in [1.82, 2.24) is 0 Å². The van der Waals surface area contributed by atoms with Crippen molar-refractivity contribution in [2.75, 3.05) is 0 Å². The largest absolute Gasteiger partial charge is 0.481 e. The zero-order valence-corrected chi connectivity index (χ0v) is 12.7. The summed E-state index contributed by atoms with van der Waals surface area (Å²) in [5.41, 5.74) is 0. The molecule has 0 aromatic rings. The third-order valence-corrected chi connectivity index (χ3v) is 3.43. The molecule has 0 saturated carbocycles. The highest BCUT2D eigenvalue weighted by Crippen LogP contribution is 2.13. The standard InChI is InChI=1S/C16H26O4/c1-5-14(17)11(2)8-6-7-9-15(18)12(3)10-13(4)16(19)20/h6-9,11-14,17H,5,10H2,1-4H3,(H,19,20). The Labute approximate surface area is 121 Å². The number of carbonyl (C=O) groups excluding carboxylic acids is 1. The van der Waals surface area contributed by atoms with Crippen molar-refractivity contribution in [3.05, 3.63) is 24.3 Å². The molecule has 0 amide bonds. The molecule has 0 aliphatic heterocycles.